The van der Waals surface area contributed by atoms with Crippen LogP contribution in [0, 0.1) is 0 Å². The van der Waals surface area contributed by atoms with E-state index < -0.39 is 7.21 Å². The monoisotopic (exact) mass is 393 g/mol. The standard InChI is InChI=1S/C18H42N3P3/c1-7-13-20-22(15-9-3)19-24(17-11-5,18-12-6)21(14-8-2)23(20)16-10-4/h7-18H2,1-6H3. The number of rotatable bonds is 12. The Morgan fingerprint density at radius 3 is 1.75 bits per heavy atom. The molecule has 1 aliphatic rings. The van der Waals surface area contributed by atoms with Crippen molar-refractivity contribution in [2.45, 2.75) is 80.1 Å². The normalized spacial score (nSPS) is 24.9. The van der Waals surface area contributed by atoms with Gasteiger partial charge in [-0.25, -0.2) is 13.4 Å². The van der Waals surface area contributed by atoms with Crippen LogP contribution >= 0.6 is 23.7 Å². The van der Waals surface area contributed by atoms with Crippen LogP contribution in [-0.4, -0.2) is 46.6 Å². The van der Waals surface area contributed by atoms with Gasteiger partial charge >= 0.3 is 0 Å². The Labute approximate surface area is 155 Å². The van der Waals surface area contributed by atoms with Gasteiger partial charge < -0.3 is 0 Å². The fourth-order valence-corrected chi connectivity index (χ4v) is 17.9. The molecule has 24 heavy (non-hydrogen) atoms. The molecule has 0 bridgehead atoms. The first-order chi connectivity index (χ1) is 11.6. The number of nitrogens with zero attached hydrogens (tertiary/aromatic N) is 3. The lowest BCUT2D eigenvalue weighted by atomic mass is 10.5. The Morgan fingerprint density at radius 2 is 1.29 bits per heavy atom. The Kier molecular flexibility index (Phi) is 11.9. The lowest BCUT2D eigenvalue weighted by Gasteiger charge is -2.52. The van der Waals surface area contributed by atoms with Crippen LogP contribution in [0.2, 0.25) is 0 Å². The van der Waals surface area contributed by atoms with Crippen molar-refractivity contribution in [3.63, 3.8) is 0 Å². The van der Waals surface area contributed by atoms with Crippen LogP contribution in [0.3, 0.4) is 0 Å². The molecule has 6 heteroatoms. The molecule has 0 saturated heterocycles. The first kappa shape index (κ1) is 23.0. The summed E-state index contributed by atoms with van der Waals surface area (Å²) in [6.07, 6.45) is 13.2. The second-order valence-electron chi connectivity index (χ2n) is 6.80. The minimum atomic E-state index is -1.28. The summed E-state index contributed by atoms with van der Waals surface area (Å²) in [7, 11) is -1.64. The van der Waals surface area contributed by atoms with Crippen molar-refractivity contribution in [3.05, 3.63) is 0 Å². The highest BCUT2D eigenvalue weighted by Gasteiger charge is 2.42. The van der Waals surface area contributed by atoms with E-state index in [1.54, 1.807) is 0 Å². The predicted molar refractivity (Wildman–Crippen MR) is 118 cm³/mol. The average Bonchev–Trinajstić information content (AvgIpc) is 2.55. The van der Waals surface area contributed by atoms with Gasteiger partial charge in [0, 0.05) is 34.7 Å². The van der Waals surface area contributed by atoms with Gasteiger partial charge in [-0.05, 0) is 57.0 Å². The zero-order valence-electron chi connectivity index (χ0n) is 17.2. The lowest BCUT2D eigenvalue weighted by molar-refractivity contribution is 0.581. The van der Waals surface area contributed by atoms with Gasteiger partial charge in [0.15, 0.2) is 0 Å². The van der Waals surface area contributed by atoms with E-state index in [1.165, 1.54) is 76.3 Å². The Hall–Kier alpha value is 1.01. The molecule has 0 fully saturated rings. The van der Waals surface area contributed by atoms with E-state index in [9.17, 15) is 0 Å². The van der Waals surface area contributed by atoms with E-state index in [0.29, 0.717) is 0 Å². The van der Waals surface area contributed by atoms with Crippen molar-refractivity contribution < 1.29 is 0 Å². The van der Waals surface area contributed by atoms with E-state index >= 15 is 0 Å². The summed E-state index contributed by atoms with van der Waals surface area (Å²) in [4.78, 5) is 0. The molecule has 0 aromatic carbocycles. The molecule has 0 radical (unpaired) electrons. The maximum Gasteiger partial charge on any atom is 0.0935 e. The molecule has 0 aromatic heterocycles. The third-order valence-electron chi connectivity index (χ3n) is 4.36. The summed E-state index contributed by atoms with van der Waals surface area (Å²) in [6.45, 7) is 16.7. The molecular formula is C18H42N3P3. The van der Waals surface area contributed by atoms with Crippen LogP contribution in [0.4, 0.5) is 0 Å². The minimum absolute atomic E-state index is 0.121. The zero-order valence-corrected chi connectivity index (χ0v) is 19.9. The largest absolute Gasteiger partial charge is 0.248 e. The lowest BCUT2D eigenvalue weighted by Crippen LogP contribution is -2.32. The molecule has 0 N–H and O–H groups in total. The van der Waals surface area contributed by atoms with E-state index in [0.717, 1.165) is 0 Å². The maximum absolute atomic E-state index is 5.76. The number of hydrogen-bond donors (Lipinski definition) is 0. The van der Waals surface area contributed by atoms with Crippen molar-refractivity contribution in [3.8, 4) is 0 Å². The van der Waals surface area contributed by atoms with Crippen LogP contribution in [0.1, 0.15) is 80.1 Å². The Balaban J connectivity index is 3.39. The van der Waals surface area contributed by atoms with Crippen molar-refractivity contribution in [1.29, 1.82) is 0 Å². The molecule has 1 rings (SSSR count). The van der Waals surface area contributed by atoms with Gasteiger partial charge in [0.2, 0.25) is 0 Å². The first-order valence-electron chi connectivity index (χ1n) is 10.3. The van der Waals surface area contributed by atoms with Gasteiger partial charge in [-0.3, -0.25) is 0 Å². The molecule has 0 amide bonds. The number of hydrogen-bond acceptors (Lipinski definition) is 3. The van der Waals surface area contributed by atoms with Gasteiger partial charge in [-0.15, -0.1) is 0 Å². The third kappa shape index (κ3) is 5.76. The second kappa shape index (κ2) is 12.4. The van der Waals surface area contributed by atoms with Gasteiger partial charge in [-0.1, -0.05) is 41.5 Å². The fourth-order valence-electron chi connectivity index (χ4n) is 3.59. The average molecular weight is 393 g/mol. The van der Waals surface area contributed by atoms with Crippen molar-refractivity contribution >= 4 is 23.7 Å². The maximum atomic E-state index is 5.76. The molecule has 0 aromatic rings. The van der Waals surface area contributed by atoms with Gasteiger partial charge in [0.25, 0.3) is 0 Å². The van der Waals surface area contributed by atoms with Crippen molar-refractivity contribution in [2.24, 2.45) is 4.52 Å². The smallest absolute Gasteiger partial charge is 0.0935 e. The molecule has 0 spiro atoms. The predicted octanol–water partition coefficient (Wildman–Crippen LogP) is 7.80. The highest BCUT2D eigenvalue weighted by molar-refractivity contribution is 7.84. The third-order valence-corrected chi connectivity index (χ3v) is 16.7. The van der Waals surface area contributed by atoms with Crippen LogP contribution in [0.15, 0.2) is 4.52 Å². The van der Waals surface area contributed by atoms with Crippen LogP contribution in [-0.2, 0) is 0 Å². The molecule has 0 saturated carbocycles. The highest BCUT2D eigenvalue weighted by Crippen LogP contribution is 2.78. The minimum Gasteiger partial charge on any atom is -0.248 e. The van der Waals surface area contributed by atoms with E-state index in [4.69, 9.17) is 4.52 Å². The van der Waals surface area contributed by atoms with Gasteiger partial charge in [0.05, 0.1) is 8.22 Å². The van der Waals surface area contributed by atoms with Crippen LogP contribution in [0.5, 0.6) is 0 Å². The van der Waals surface area contributed by atoms with E-state index in [1.807, 2.05) is 0 Å². The second-order valence-corrected chi connectivity index (χ2v) is 15.1. The molecule has 2 atom stereocenters. The molecule has 144 valence electrons. The molecule has 1 heterocycles. The van der Waals surface area contributed by atoms with Crippen LogP contribution in [0.25, 0.3) is 0 Å². The van der Waals surface area contributed by atoms with Crippen molar-refractivity contribution in [2.75, 3.05) is 37.7 Å². The van der Waals surface area contributed by atoms with E-state index in [-0.39, 0.29) is 16.4 Å². The summed E-state index contributed by atoms with van der Waals surface area (Å²) < 4.78 is 11.7. The molecule has 2 unspecified atom stereocenters. The molecule has 0 aliphatic carbocycles. The van der Waals surface area contributed by atoms with Gasteiger partial charge in [0.1, 0.15) is 0 Å². The summed E-state index contributed by atoms with van der Waals surface area (Å²) in [5.74, 6) is 0. The van der Waals surface area contributed by atoms with Crippen molar-refractivity contribution in [1.82, 2.24) is 8.88 Å². The van der Waals surface area contributed by atoms with E-state index in [2.05, 4.69) is 50.4 Å². The summed E-state index contributed by atoms with van der Waals surface area (Å²) in [5.41, 5.74) is 0. The molecule has 1 aliphatic heterocycles. The molecule has 3 nitrogen and oxygen atoms in total. The molecular weight excluding hydrogens is 351 g/mol. The Bertz CT molecular complexity index is 380. The summed E-state index contributed by atoms with van der Waals surface area (Å²) in [5, 5.41) is 0. The van der Waals surface area contributed by atoms with Crippen LogP contribution < -0.4 is 0 Å². The highest BCUT2D eigenvalue weighted by atomic mass is 31.3. The first-order valence-corrected chi connectivity index (χ1v) is 15.3. The SMILES string of the molecule is CCCN1P(CCC)N=P(CCC)(CCC)N(CCC)P1CCC. The summed E-state index contributed by atoms with van der Waals surface area (Å²) >= 11 is 0. The zero-order chi connectivity index (χ0) is 18.0. The van der Waals surface area contributed by atoms with Gasteiger partial charge in [-0.2, -0.15) is 0 Å². The topological polar surface area (TPSA) is 18.8 Å². The fraction of sp³-hybridized carbons (Fsp3) is 1.00. The Morgan fingerprint density at radius 1 is 0.708 bits per heavy atom. The quantitative estimate of drug-likeness (QED) is 0.315. The summed E-state index contributed by atoms with van der Waals surface area (Å²) in [6, 6.07) is 0.